The van der Waals surface area contributed by atoms with Crippen LogP contribution in [0.3, 0.4) is 0 Å². The van der Waals surface area contributed by atoms with Gasteiger partial charge in [0.2, 0.25) is 11.7 Å². The molecule has 0 fully saturated rings. The zero-order valence-corrected chi connectivity index (χ0v) is 18.8. The number of hydrogen-bond donors (Lipinski definition) is 0. The van der Waals surface area contributed by atoms with Gasteiger partial charge in [0, 0.05) is 12.6 Å². The third-order valence-corrected chi connectivity index (χ3v) is 5.79. The Bertz CT molecular complexity index is 1080. The number of aromatic nitrogens is 2. The minimum atomic E-state index is -0.567. The summed E-state index contributed by atoms with van der Waals surface area (Å²) in [6.07, 6.45) is 4.64. The number of ether oxygens (including phenoxy) is 2. The molecular weight excluding hydrogens is 406 g/mol. The van der Waals surface area contributed by atoms with Crippen molar-refractivity contribution in [3.05, 3.63) is 59.5 Å². The Balaban J connectivity index is 1.40. The van der Waals surface area contributed by atoms with Crippen LogP contribution in [-0.4, -0.2) is 41.2 Å². The van der Waals surface area contributed by atoms with Crippen LogP contribution in [0.25, 0.3) is 11.4 Å². The lowest BCUT2D eigenvalue weighted by atomic mass is 9.92. The Hall–Kier alpha value is -3.35. The average Bonchev–Trinajstić information content (AvgIpc) is 3.30. The Morgan fingerprint density at radius 1 is 1.12 bits per heavy atom. The zero-order chi connectivity index (χ0) is 22.5. The lowest BCUT2D eigenvalue weighted by Crippen LogP contribution is -2.39. The van der Waals surface area contributed by atoms with Crippen LogP contribution in [0, 0.1) is 0 Å². The average molecular weight is 436 g/mol. The molecule has 1 atom stereocenters. The molecule has 0 radical (unpaired) electrons. The summed E-state index contributed by atoms with van der Waals surface area (Å²) in [4.78, 5) is 19.0. The van der Waals surface area contributed by atoms with Crippen molar-refractivity contribution in [1.82, 2.24) is 15.0 Å². The summed E-state index contributed by atoms with van der Waals surface area (Å²) in [6, 6.07) is 13.6. The number of methoxy groups -OCH3 is 1. The van der Waals surface area contributed by atoms with Crippen molar-refractivity contribution in [2.75, 3.05) is 14.2 Å². The largest absolute Gasteiger partial charge is 0.497 e. The first kappa shape index (κ1) is 21.9. The molecule has 2 aromatic carbocycles. The maximum atomic E-state index is 13.0. The van der Waals surface area contributed by atoms with E-state index in [-0.39, 0.29) is 12.5 Å². The standard InChI is InChI=1S/C25H29N3O4/c1-4-22(31-21-13-12-17-8-5-6-9-18(17)14-21)25(29)28(2)16-23-26-24(27-32-23)19-10-7-11-20(15-19)30-3/h7,10-15,22H,4-6,8-9,16H2,1-3H3/t22-/m0/s1. The summed E-state index contributed by atoms with van der Waals surface area (Å²) in [5.74, 6) is 2.16. The quantitative estimate of drug-likeness (QED) is 0.521. The maximum absolute atomic E-state index is 13.0. The molecule has 1 aromatic heterocycles. The van der Waals surface area contributed by atoms with Gasteiger partial charge >= 0.3 is 0 Å². The minimum absolute atomic E-state index is 0.119. The van der Waals surface area contributed by atoms with Crippen molar-refractivity contribution in [1.29, 1.82) is 0 Å². The number of aryl methyl sites for hydroxylation is 2. The fraction of sp³-hybridized carbons (Fsp3) is 0.400. The van der Waals surface area contributed by atoms with E-state index in [1.165, 1.54) is 24.0 Å². The van der Waals surface area contributed by atoms with Crippen molar-refractivity contribution in [2.45, 2.75) is 51.7 Å². The van der Waals surface area contributed by atoms with Crippen molar-refractivity contribution < 1.29 is 18.8 Å². The number of likely N-dealkylation sites (N-methyl/N-ethyl adjacent to an activating group) is 1. The van der Waals surface area contributed by atoms with Crippen LogP contribution in [0.15, 0.2) is 47.0 Å². The van der Waals surface area contributed by atoms with Gasteiger partial charge in [0.05, 0.1) is 13.7 Å². The van der Waals surface area contributed by atoms with Gasteiger partial charge in [-0.3, -0.25) is 4.79 Å². The number of nitrogens with zero attached hydrogens (tertiary/aromatic N) is 3. The molecule has 1 aliphatic rings. The summed E-state index contributed by atoms with van der Waals surface area (Å²) in [5, 5.41) is 4.04. The first-order valence-electron chi connectivity index (χ1n) is 11.1. The SMILES string of the molecule is CC[C@H](Oc1ccc2c(c1)CCCC2)C(=O)N(C)Cc1nc(-c2cccc(OC)c2)no1. The topological polar surface area (TPSA) is 77.7 Å². The molecule has 3 aromatic rings. The van der Waals surface area contributed by atoms with E-state index in [9.17, 15) is 4.79 Å². The normalized spacial score (nSPS) is 13.8. The first-order valence-corrected chi connectivity index (χ1v) is 11.1. The molecule has 7 nitrogen and oxygen atoms in total. The molecular formula is C25H29N3O4. The van der Waals surface area contributed by atoms with Gasteiger partial charge in [0.25, 0.3) is 5.91 Å². The van der Waals surface area contributed by atoms with E-state index in [0.717, 1.165) is 24.2 Å². The molecule has 168 valence electrons. The van der Waals surface area contributed by atoms with Crippen LogP contribution in [0.2, 0.25) is 0 Å². The number of carbonyl (C=O) groups is 1. The summed E-state index contributed by atoms with van der Waals surface area (Å²) >= 11 is 0. The predicted octanol–water partition coefficient (Wildman–Crippen LogP) is 4.44. The number of benzene rings is 2. The van der Waals surface area contributed by atoms with Crippen LogP contribution in [-0.2, 0) is 24.2 Å². The molecule has 4 rings (SSSR count). The van der Waals surface area contributed by atoms with Gasteiger partial charge < -0.3 is 18.9 Å². The van der Waals surface area contributed by atoms with Crippen LogP contribution in [0.4, 0.5) is 0 Å². The summed E-state index contributed by atoms with van der Waals surface area (Å²) in [6.45, 7) is 2.16. The predicted molar refractivity (Wildman–Crippen MR) is 121 cm³/mol. The van der Waals surface area contributed by atoms with Gasteiger partial charge in [-0.1, -0.05) is 30.3 Å². The molecule has 0 saturated carbocycles. The molecule has 0 aliphatic heterocycles. The second kappa shape index (κ2) is 9.85. The van der Waals surface area contributed by atoms with Crippen molar-refractivity contribution in [2.24, 2.45) is 0 Å². The van der Waals surface area contributed by atoms with Gasteiger partial charge in [-0.25, -0.2) is 0 Å². The van der Waals surface area contributed by atoms with Crippen molar-refractivity contribution in [3.63, 3.8) is 0 Å². The maximum Gasteiger partial charge on any atom is 0.263 e. The molecule has 1 amide bonds. The smallest absolute Gasteiger partial charge is 0.263 e. The molecule has 0 saturated heterocycles. The number of rotatable bonds is 8. The van der Waals surface area contributed by atoms with Crippen LogP contribution < -0.4 is 9.47 Å². The van der Waals surface area contributed by atoms with E-state index < -0.39 is 6.10 Å². The Morgan fingerprint density at radius 3 is 2.72 bits per heavy atom. The van der Waals surface area contributed by atoms with E-state index in [2.05, 4.69) is 22.3 Å². The van der Waals surface area contributed by atoms with E-state index in [1.54, 1.807) is 19.1 Å². The van der Waals surface area contributed by atoms with Gasteiger partial charge in [-0.05, 0) is 67.5 Å². The first-order chi connectivity index (χ1) is 15.6. The molecule has 0 spiro atoms. The van der Waals surface area contributed by atoms with Gasteiger partial charge in [0.15, 0.2) is 6.10 Å². The van der Waals surface area contributed by atoms with Crippen LogP contribution in [0.5, 0.6) is 11.5 Å². The molecule has 1 aliphatic carbocycles. The summed E-state index contributed by atoms with van der Waals surface area (Å²) in [7, 11) is 3.33. The van der Waals surface area contributed by atoms with Gasteiger partial charge in [-0.15, -0.1) is 0 Å². The van der Waals surface area contributed by atoms with Crippen molar-refractivity contribution >= 4 is 5.91 Å². The van der Waals surface area contributed by atoms with E-state index in [4.69, 9.17) is 14.0 Å². The van der Waals surface area contributed by atoms with E-state index in [0.29, 0.717) is 23.9 Å². The number of amides is 1. The highest BCUT2D eigenvalue weighted by Crippen LogP contribution is 2.26. The molecule has 32 heavy (non-hydrogen) atoms. The molecule has 0 unspecified atom stereocenters. The number of carbonyl (C=O) groups excluding carboxylic acids is 1. The molecule has 0 N–H and O–H groups in total. The van der Waals surface area contributed by atoms with Crippen LogP contribution >= 0.6 is 0 Å². The highest BCUT2D eigenvalue weighted by molar-refractivity contribution is 5.81. The van der Waals surface area contributed by atoms with E-state index in [1.807, 2.05) is 37.3 Å². The number of fused-ring (bicyclic) bond motifs is 1. The third-order valence-electron chi connectivity index (χ3n) is 5.79. The molecule has 1 heterocycles. The fourth-order valence-electron chi connectivity index (χ4n) is 3.98. The Labute approximate surface area is 188 Å². The molecule has 7 heteroatoms. The summed E-state index contributed by atoms with van der Waals surface area (Å²) < 4.78 is 16.7. The minimum Gasteiger partial charge on any atom is -0.497 e. The number of hydrogen-bond acceptors (Lipinski definition) is 6. The van der Waals surface area contributed by atoms with Gasteiger partial charge in [-0.2, -0.15) is 4.98 Å². The monoisotopic (exact) mass is 435 g/mol. The Morgan fingerprint density at radius 2 is 1.94 bits per heavy atom. The second-order valence-corrected chi connectivity index (χ2v) is 8.09. The van der Waals surface area contributed by atoms with Crippen molar-refractivity contribution in [3.8, 4) is 22.9 Å². The Kier molecular flexibility index (Phi) is 6.73. The van der Waals surface area contributed by atoms with Gasteiger partial charge in [0.1, 0.15) is 11.5 Å². The van der Waals surface area contributed by atoms with E-state index >= 15 is 0 Å². The fourth-order valence-corrected chi connectivity index (χ4v) is 3.98. The summed E-state index contributed by atoms with van der Waals surface area (Å²) in [5.41, 5.74) is 3.51. The zero-order valence-electron chi connectivity index (χ0n) is 18.8. The molecule has 0 bridgehead atoms. The third kappa shape index (κ3) is 4.93. The lowest BCUT2D eigenvalue weighted by molar-refractivity contribution is -0.138. The highest BCUT2D eigenvalue weighted by Gasteiger charge is 2.24. The van der Waals surface area contributed by atoms with Crippen LogP contribution in [0.1, 0.15) is 43.2 Å². The second-order valence-electron chi connectivity index (χ2n) is 8.09. The highest BCUT2D eigenvalue weighted by atomic mass is 16.5. The lowest BCUT2D eigenvalue weighted by Gasteiger charge is -2.24.